The van der Waals surface area contributed by atoms with E-state index in [1.807, 2.05) is 0 Å². The zero-order valence-corrected chi connectivity index (χ0v) is 9.21. The van der Waals surface area contributed by atoms with Crippen molar-refractivity contribution < 1.29 is 27.9 Å². The van der Waals surface area contributed by atoms with Gasteiger partial charge in [0.1, 0.15) is 0 Å². The first-order valence-corrected chi connectivity index (χ1v) is 5.96. The van der Waals surface area contributed by atoms with Crippen LogP contribution in [0.5, 0.6) is 0 Å². The third-order valence-electron chi connectivity index (χ3n) is 0.651. The molecule has 2 N–H and O–H groups in total. The summed E-state index contributed by atoms with van der Waals surface area (Å²) in [7, 11) is -0.759. The Balaban J connectivity index is 0. The van der Waals surface area contributed by atoms with E-state index in [0.29, 0.717) is 0 Å². The van der Waals surface area contributed by atoms with Crippen LogP contribution in [0.25, 0.3) is 0 Å². The monoisotopic (exact) mass is 220 g/mol. The molecule has 0 aromatic rings. The summed E-state index contributed by atoms with van der Waals surface area (Å²) in [6, 6.07) is 0. The number of hydrogen-bond acceptors (Lipinski definition) is 5. The van der Waals surface area contributed by atoms with Crippen LogP contribution in [0.3, 0.4) is 0 Å². The van der Waals surface area contributed by atoms with Crippen molar-refractivity contribution in [3.63, 3.8) is 0 Å². The zero-order valence-electron chi connectivity index (χ0n) is 7.42. The third kappa shape index (κ3) is 16.8. The molecule has 6 nitrogen and oxygen atoms in total. The Hall–Kier alpha value is 0.460. The number of hydrogen-bond donors (Lipinski definition) is 2. The quantitative estimate of drug-likeness (QED) is 0.688. The van der Waals surface area contributed by atoms with Crippen LogP contribution >= 0.6 is 16.2 Å². The van der Waals surface area contributed by atoms with Gasteiger partial charge in [0.2, 0.25) is 0 Å². The van der Waals surface area contributed by atoms with Crippen LogP contribution in [0.1, 0.15) is 0 Å². The van der Waals surface area contributed by atoms with Crippen molar-refractivity contribution in [2.75, 3.05) is 28.0 Å². The molecule has 0 amide bonds. The van der Waals surface area contributed by atoms with Gasteiger partial charge in [-0.25, -0.2) is 0 Å². The van der Waals surface area contributed by atoms with Crippen molar-refractivity contribution in [3.8, 4) is 0 Å². The van der Waals surface area contributed by atoms with Crippen LogP contribution < -0.4 is 0 Å². The molecule has 12 heavy (non-hydrogen) atoms. The highest BCUT2D eigenvalue weighted by Crippen LogP contribution is 2.34. The molecule has 0 aliphatic heterocycles. The molecule has 0 saturated heterocycles. The van der Waals surface area contributed by atoms with Gasteiger partial charge in [-0.3, -0.25) is 4.57 Å². The van der Waals surface area contributed by atoms with Crippen molar-refractivity contribution in [3.05, 3.63) is 0 Å². The summed E-state index contributed by atoms with van der Waals surface area (Å²) in [5, 5.41) is 0. The maximum Gasteiger partial charge on any atom is 0.329 e. The molecule has 0 heterocycles. The van der Waals surface area contributed by atoms with Crippen LogP contribution in [0, 0.1) is 0 Å². The van der Waals surface area contributed by atoms with Gasteiger partial charge in [0.05, 0.1) is 0 Å². The average Bonchev–Trinajstić information content (AvgIpc) is 2.03. The minimum absolute atomic E-state index is 1.13. The third-order valence-corrected chi connectivity index (χ3v) is 1.95. The minimum Gasteiger partial charge on any atom is -0.328 e. The summed E-state index contributed by atoms with van der Waals surface area (Å²) in [6.07, 6.45) is 0. The topological polar surface area (TPSA) is 85.2 Å². The normalized spacial score (nSPS) is 14.9. The maximum atomic E-state index is 9.92. The standard InChI is InChI=1S/2C2H7O3P/c1-5-6(2,3)4;1-4-6(3)5-2/h1-2H3,(H,3,4);3H,1-2H3. The van der Waals surface area contributed by atoms with Gasteiger partial charge in [0.15, 0.2) is 0 Å². The Morgan fingerprint density at radius 2 is 1.50 bits per heavy atom. The summed E-state index contributed by atoms with van der Waals surface area (Å²) >= 11 is 0. The van der Waals surface area contributed by atoms with Crippen molar-refractivity contribution in [2.24, 2.45) is 0 Å². The molecule has 0 saturated carbocycles. The predicted molar refractivity (Wildman–Crippen MR) is 45.9 cm³/mol. The van der Waals surface area contributed by atoms with Gasteiger partial charge >= 0.3 is 16.2 Å². The van der Waals surface area contributed by atoms with Gasteiger partial charge in [-0.05, 0) is 0 Å². The van der Waals surface area contributed by atoms with E-state index in [9.17, 15) is 4.57 Å². The first-order valence-electron chi connectivity index (χ1n) is 2.80. The molecule has 0 spiro atoms. The molecule has 1 atom stereocenters. The van der Waals surface area contributed by atoms with Gasteiger partial charge < -0.3 is 23.4 Å². The lowest BCUT2D eigenvalue weighted by Gasteiger charge is -1.98. The van der Waals surface area contributed by atoms with Crippen LogP contribution in [0.4, 0.5) is 0 Å². The molecular formula is C4H14O6P2. The van der Waals surface area contributed by atoms with E-state index in [1.165, 1.54) is 21.3 Å². The highest BCUT2D eigenvalue weighted by Gasteiger charge is 2.02. The average molecular weight is 220 g/mol. The highest BCUT2D eigenvalue weighted by atomic mass is 31.2. The van der Waals surface area contributed by atoms with Crippen LogP contribution in [-0.4, -0.2) is 37.8 Å². The fraction of sp³-hybridized carbons (Fsp3) is 1.00. The predicted octanol–water partition coefficient (Wildman–Crippen LogP) is 0.946. The van der Waals surface area contributed by atoms with E-state index < -0.39 is 16.2 Å². The fourth-order valence-corrected chi connectivity index (χ4v) is 0.224. The lowest BCUT2D eigenvalue weighted by atomic mass is 11.8. The second-order valence-electron chi connectivity index (χ2n) is 1.59. The molecule has 0 rings (SSSR count). The van der Waals surface area contributed by atoms with Gasteiger partial charge in [-0.1, -0.05) is 0 Å². The molecule has 76 valence electrons. The van der Waals surface area contributed by atoms with Crippen LogP contribution in [0.2, 0.25) is 0 Å². The van der Waals surface area contributed by atoms with Gasteiger partial charge in [-0.2, -0.15) is 0 Å². The van der Waals surface area contributed by atoms with E-state index in [2.05, 4.69) is 13.6 Å². The Labute approximate surface area is 73.0 Å². The Bertz CT molecular complexity index is 130. The molecule has 0 aromatic heterocycles. The molecule has 0 fully saturated rings. The lowest BCUT2D eigenvalue weighted by molar-refractivity contribution is 0.271. The molecule has 0 radical (unpaired) electrons. The fourth-order valence-electron chi connectivity index (χ4n) is 0.0745. The smallest absolute Gasteiger partial charge is 0.328 e. The summed E-state index contributed by atoms with van der Waals surface area (Å²) in [5.74, 6) is 0. The zero-order chi connectivity index (χ0) is 10.2. The van der Waals surface area contributed by atoms with Crippen LogP contribution in [-0.2, 0) is 18.1 Å². The molecule has 0 bridgehead atoms. The SMILES string of the molecule is COP(C)(=O)O.COP(O)OC. The van der Waals surface area contributed by atoms with E-state index in [-0.39, 0.29) is 0 Å². The summed E-state index contributed by atoms with van der Waals surface area (Å²) in [5.41, 5.74) is 0. The first kappa shape index (κ1) is 15.0. The lowest BCUT2D eigenvalue weighted by Crippen LogP contribution is -1.75. The minimum atomic E-state index is -3.15. The Kier molecular flexibility index (Phi) is 10.1. The van der Waals surface area contributed by atoms with Crippen molar-refractivity contribution >= 4 is 16.2 Å². The van der Waals surface area contributed by atoms with E-state index in [0.717, 1.165) is 6.66 Å². The van der Waals surface area contributed by atoms with Crippen molar-refractivity contribution in [1.82, 2.24) is 0 Å². The van der Waals surface area contributed by atoms with Crippen LogP contribution in [0.15, 0.2) is 0 Å². The molecule has 8 heteroatoms. The molecule has 1 unspecified atom stereocenters. The first-order chi connectivity index (χ1) is 5.37. The highest BCUT2D eigenvalue weighted by molar-refractivity contribution is 7.51. The van der Waals surface area contributed by atoms with Gasteiger partial charge in [0.25, 0.3) is 0 Å². The number of rotatable bonds is 3. The van der Waals surface area contributed by atoms with E-state index in [1.54, 1.807) is 0 Å². The Morgan fingerprint density at radius 3 is 1.50 bits per heavy atom. The molecule has 0 aliphatic rings. The summed E-state index contributed by atoms with van der Waals surface area (Å²) < 4.78 is 22.6. The molecular weight excluding hydrogens is 206 g/mol. The summed E-state index contributed by atoms with van der Waals surface area (Å²) in [6.45, 7) is 1.13. The van der Waals surface area contributed by atoms with Gasteiger partial charge in [0, 0.05) is 28.0 Å². The molecule has 0 aromatic carbocycles. The largest absolute Gasteiger partial charge is 0.329 e. The molecule has 0 aliphatic carbocycles. The maximum absolute atomic E-state index is 9.92. The van der Waals surface area contributed by atoms with Crippen molar-refractivity contribution in [2.45, 2.75) is 0 Å². The summed E-state index contributed by atoms with van der Waals surface area (Å²) in [4.78, 5) is 16.4. The second-order valence-corrected chi connectivity index (χ2v) is 4.77. The Morgan fingerprint density at radius 1 is 1.25 bits per heavy atom. The van der Waals surface area contributed by atoms with E-state index in [4.69, 9.17) is 9.79 Å². The van der Waals surface area contributed by atoms with E-state index >= 15 is 0 Å². The van der Waals surface area contributed by atoms with Gasteiger partial charge in [-0.15, -0.1) is 0 Å². The van der Waals surface area contributed by atoms with Crippen molar-refractivity contribution in [1.29, 1.82) is 0 Å². The second kappa shape index (κ2) is 8.08.